The van der Waals surface area contributed by atoms with E-state index in [9.17, 15) is 14.4 Å². The first-order chi connectivity index (χ1) is 14.2. The third-order valence-electron chi connectivity index (χ3n) is 4.34. The van der Waals surface area contributed by atoms with Crippen molar-refractivity contribution < 1.29 is 14.4 Å². The minimum absolute atomic E-state index is 0.121. The first-order valence-electron chi connectivity index (χ1n) is 9.18. The van der Waals surface area contributed by atoms with Gasteiger partial charge in [-0.1, -0.05) is 48.5 Å². The van der Waals surface area contributed by atoms with E-state index in [0.29, 0.717) is 17.5 Å². The highest BCUT2D eigenvalue weighted by Crippen LogP contribution is 2.09. The van der Waals surface area contributed by atoms with Crippen molar-refractivity contribution in [2.75, 3.05) is 0 Å². The van der Waals surface area contributed by atoms with Gasteiger partial charge in [0.2, 0.25) is 0 Å². The summed E-state index contributed by atoms with van der Waals surface area (Å²) in [5, 5.41) is 2.74. The van der Waals surface area contributed by atoms with E-state index < -0.39 is 6.04 Å². The highest BCUT2D eigenvalue weighted by molar-refractivity contribution is 6.06. The van der Waals surface area contributed by atoms with E-state index in [-0.39, 0.29) is 11.7 Å². The molecule has 1 aromatic heterocycles. The van der Waals surface area contributed by atoms with E-state index in [2.05, 4.69) is 10.3 Å². The van der Waals surface area contributed by atoms with Crippen LogP contribution >= 0.6 is 0 Å². The molecule has 144 valence electrons. The van der Waals surface area contributed by atoms with E-state index in [0.717, 1.165) is 17.4 Å². The zero-order valence-corrected chi connectivity index (χ0v) is 15.7. The summed E-state index contributed by atoms with van der Waals surface area (Å²) >= 11 is 0. The molecule has 0 fully saturated rings. The molecule has 1 heterocycles. The minimum atomic E-state index is -0.595. The monoisotopic (exact) mass is 384 g/mol. The number of ketones is 1. The molecule has 0 spiro atoms. The molecule has 0 saturated heterocycles. The third-order valence-corrected chi connectivity index (χ3v) is 4.34. The number of amides is 1. The molecule has 0 unspecified atom stereocenters. The van der Waals surface area contributed by atoms with Gasteiger partial charge >= 0.3 is 0 Å². The van der Waals surface area contributed by atoms with Crippen LogP contribution in [-0.4, -0.2) is 29.0 Å². The van der Waals surface area contributed by atoms with E-state index in [1.165, 1.54) is 6.08 Å². The fourth-order valence-electron chi connectivity index (χ4n) is 2.78. The molecule has 1 amide bonds. The number of hydrogen-bond donors (Lipinski definition) is 1. The van der Waals surface area contributed by atoms with Crippen LogP contribution in [0, 0.1) is 0 Å². The summed E-state index contributed by atoms with van der Waals surface area (Å²) in [5.74, 6) is -0.439. The second-order valence-corrected chi connectivity index (χ2v) is 6.46. The largest absolute Gasteiger partial charge is 0.342 e. The van der Waals surface area contributed by atoms with Gasteiger partial charge in [0, 0.05) is 23.5 Å². The standard InChI is InChI=1S/C24H20N2O3/c27-17-22(16-19-4-2-1-3-5-19)26-24(29)21-9-6-18(7-10-21)8-11-23(28)20-12-14-25-15-13-20/h1-15,17,22H,16H2,(H,26,29)/t22-/m0/s1. The predicted molar refractivity (Wildman–Crippen MR) is 112 cm³/mol. The van der Waals surface area contributed by atoms with Gasteiger partial charge in [-0.05, 0) is 47.9 Å². The molecule has 5 heteroatoms. The van der Waals surface area contributed by atoms with Crippen LogP contribution in [0.1, 0.15) is 31.8 Å². The molecular weight excluding hydrogens is 364 g/mol. The summed E-state index contributed by atoms with van der Waals surface area (Å²) in [6.07, 6.45) is 7.49. The van der Waals surface area contributed by atoms with Gasteiger partial charge in [-0.25, -0.2) is 0 Å². The molecule has 2 aromatic carbocycles. The molecular formula is C24H20N2O3. The van der Waals surface area contributed by atoms with Crippen LogP contribution in [0.5, 0.6) is 0 Å². The second kappa shape index (κ2) is 9.90. The minimum Gasteiger partial charge on any atom is -0.342 e. The van der Waals surface area contributed by atoms with Gasteiger partial charge in [-0.3, -0.25) is 14.6 Å². The Balaban J connectivity index is 1.60. The zero-order valence-electron chi connectivity index (χ0n) is 15.7. The van der Waals surface area contributed by atoms with Crippen molar-refractivity contribution in [1.29, 1.82) is 0 Å². The average Bonchev–Trinajstić information content (AvgIpc) is 2.78. The summed E-state index contributed by atoms with van der Waals surface area (Å²) in [4.78, 5) is 39.7. The SMILES string of the molecule is O=C[C@H](Cc1ccccc1)NC(=O)c1ccc(C=CC(=O)c2ccncc2)cc1. The molecule has 0 saturated carbocycles. The molecule has 0 aliphatic rings. The maximum Gasteiger partial charge on any atom is 0.251 e. The van der Waals surface area contributed by atoms with E-state index >= 15 is 0 Å². The van der Waals surface area contributed by atoms with E-state index in [4.69, 9.17) is 0 Å². The maximum atomic E-state index is 12.4. The van der Waals surface area contributed by atoms with Crippen molar-refractivity contribution in [2.24, 2.45) is 0 Å². The molecule has 3 aromatic rings. The normalized spacial score (nSPS) is 11.7. The molecule has 1 atom stereocenters. The van der Waals surface area contributed by atoms with Crippen LogP contribution in [0.3, 0.4) is 0 Å². The third kappa shape index (κ3) is 5.81. The lowest BCUT2D eigenvalue weighted by atomic mass is 10.1. The molecule has 0 aliphatic heterocycles. The van der Waals surface area contributed by atoms with Crippen LogP contribution in [-0.2, 0) is 11.2 Å². The Morgan fingerprint density at radius 1 is 0.897 bits per heavy atom. The Kier molecular flexibility index (Phi) is 6.79. The lowest BCUT2D eigenvalue weighted by Gasteiger charge is -2.13. The number of aldehydes is 1. The van der Waals surface area contributed by atoms with Gasteiger partial charge in [0.05, 0.1) is 6.04 Å². The number of aromatic nitrogens is 1. The van der Waals surface area contributed by atoms with Crippen LogP contribution in [0.4, 0.5) is 0 Å². The predicted octanol–water partition coefficient (Wildman–Crippen LogP) is 3.52. The Labute approximate surface area is 169 Å². The summed E-state index contributed by atoms with van der Waals surface area (Å²) in [6.45, 7) is 0. The zero-order chi connectivity index (χ0) is 20.5. The fourth-order valence-corrected chi connectivity index (χ4v) is 2.78. The van der Waals surface area contributed by atoms with Gasteiger partial charge in [0.25, 0.3) is 5.91 Å². The molecule has 0 bridgehead atoms. The van der Waals surface area contributed by atoms with Crippen LogP contribution in [0.15, 0.2) is 85.2 Å². The number of carbonyl (C=O) groups excluding carboxylic acids is 3. The summed E-state index contributed by atoms with van der Waals surface area (Å²) in [5.41, 5.74) is 2.78. The first kappa shape index (κ1) is 19.9. The van der Waals surface area contributed by atoms with Crippen LogP contribution in [0.2, 0.25) is 0 Å². The molecule has 0 aliphatic carbocycles. The van der Waals surface area contributed by atoms with Gasteiger partial charge in [0.1, 0.15) is 6.29 Å². The van der Waals surface area contributed by atoms with Crippen LogP contribution in [0.25, 0.3) is 6.08 Å². The second-order valence-electron chi connectivity index (χ2n) is 6.46. The smallest absolute Gasteiger partial charge is 0.251 e. The number of nitrogens with one attached hydrogen (secondary N) is 1. The van der Waals surface area contributed by atoms with Crippen molar-refractivity contribution in [3.8, 4) is 0 Å². The summed E-state index contributed by atoms with van der Waals surface area (Å²) < 4.78 is 0. The van der Waals surface area contributed by atoms with Crippen molar-refractivity contribution >= 4 is 24.1 Å². The quantitative estimate of drug-likeness (QED) is 0.366. The Hall–Kier alpha value is -3.86. The van der Waals surface area contributed by atoms with Crippen molar-refractivity contribution in [3.63, 3.8) is 0 Å². The van der Waals surface area contributed by atoms with E-state index in [1.54, 1.807) is 54.9 Å². The fraction of sp³-hybridized carbons (Fsp3) is 0.0833. The van der Waals surface area contributed by atoms with Crippen LogP contribution < -0.4 is 5.32 Å². The number of nitrogens with zero attached hydrogens (tertiary/aromatic N) is 1. The topological polar surface area (TPSA) is 76.1 Å². The van der Waals surface area contributed by atoms with Gasteiger partial charge in [-0.2, -0.15) is 0 Å². The number of allylic oxidation sites excluding steroid dienone is 1. The van der Waals surface area contributed by atoms with Gasteiger partial charge in [0.15, 0.2) is 5.78 Å². The Morgan fingerprint density at radius 3 is 2.24 bits per heavy atom. The van der Waals surface area contributed by atoms with Gasteiger partial charge < -0.3 is 10.1 Å². The summed E-state index contributed by atoms with van der Waals surface area (Å²) in [6, 6.07) is 19.0. The highest BCUT2D eigenvalue weighted by atomic mass is 16.2. The highest BCUT2D eigenvalue weighted by Gasteiger charge is 2.13. The molecule has 0 radical (unpaired) electrons. The maximum absolute atomic E-state index is 12.4. The number of carbonyl (C=O) groups is 3. The number of rotatable bonds is 8. The van der Waals surface area contributed by atoms with Gasteiger partial charge in [-0.15, -0.1) is 0 Å². The lowest BCUT2D eigenvalue weighted by molar-refractivity contribution is -0.109. The molecule has 29 heavy (non-hydrogen) atoms. The van der Waals surface area contributed by atoms with Crippen molar-refractivity contribution in [3.05, 3.63) is 107 Å². The molecule has 3 rings (SSSR count). The Bertz CT molecular complexity index is 997. The molecule has 5 nitrogen and oxygen atoms in total. The summed E-state index contributed by atoms with van der Waals surface area (Å²) in [7, 11) is 0. The molecule has 1 N–H and O–H groups in total. The number of hydrogen-bond acceptors (Lipinski definition) is 4. The van der Waals surface area contributed by atoms with E-state index in [1.807, 2.05) is 30.3 Å². The van der Waals surface area contributed by atoms with Crippen molar-refractivity contribution in [2.45, 2.75) is 12.5 Å². The number of benzene rings is 2. The average molecular weight is 384 g/mol. The number of pyridine rings is 1. The Morgan fingerprint density at radius 2 is 1.59 bits per heavy atom. The van der Waals surface area contributed by atoms with Crippen molar-refractivity contribution in [1.82, 2.24) is 10.3 Å². The first-order valence-corrected chi connectivity index (χ1v) is 9.18. The lowest BCUT2D eigenvalue weighted by Crippen LogP contribution is -2.37.